The topological polar surface area (TPSA) is 462 Å². The van der Waals surface area contributed by atoms with E-state index < -0.39 is 109 Å². The number of nitrogens with two attached hydrogens (primary N) is 6. The predicted molar refractivity (Wildman–Crippen MR) is 302 cm³/mol. The summed E-state index contributed by atoms with van der Waals surface area (Å²) in [5.41, 5.74) is 34.3. The van der Waals surface area contributed by atoms with Gasteiger partial charge in [0.25, 0.3) is 0 Å². The van der Waals surface area contributed by atoms with Crippen LogP contribution in [-0.2, 0) is 54.4 Å². The predicted octanol–water partition coefficient (Wildman–Crippen LogP) is -3.08. The molecule has 1 aromatic rings. The first kappa shape index (κ1) is 67.5. The lowest BCUT2D eigenvalue weighted by Crippen LogP contribution is -2.61. The first-order valence-corrected chi connectivity index (χ1v) is 28.1. The average Bonchev–Trinajstić information content (AvgIpc) is 3.94. The maximum atomic E-state index is 14.4. The highest BCUT2D eigenvalue weighted by Gasteiger charge is 2.40. The monoisotopic (exact) mass is 1140 g/mol. The van der Waals surface area contributed by atoms with Gasteiger partial charge in [0.2, 0.25) is 59.1 Å². The van der Waals surface area contributed by atoms with Crippen molar-refractivity contribution in [2.24, 2.45) is 50.3 Å². The van der Waals surface area contributed by atoms with Gasteiger partial charge in [-0.05, 0) is 107 Å². The van der Waals surface area contributed by atoms with Gasteiger partial charge in [-0.3, -0.25) is 57.9 Å². The van der Waals surface area contributed by atoms with Crippen molar-refractivity contribution in [1.29, 1.82) is 0 Å². The van der Waals surface area contributed by atoms with E-state index >= 15 is 0 Å². The number of guanidine groups is 2. The molecule has 2 saturated heterocycles. The van der Waals surface area contributed by atoms with E-state index in [2.05, 4.69) is 47.2 Å². The summed E-state index contributed by atoms with van der Waals surface area (Å²) in [5, 5.41) is 29.2. The molecule has 2 fully saturated rings. The van der Waals surface area contributed by atoms with E-state index in [0.29, 0.717) is 50.5 Å². The van der Waals surface area contributed by atoms with E-state index in [-0.39, 0.29) is 126 Å². The molecule has 7 atom stereocenters. The number of primary amides is 1. The zero-order valence-corrected chi connectivity index (χ0v) is 47.2. The molecule has 2 heterocycles. The van der Waals surface area contributed by atoms with E-state index in [1.807, 2.05) is 13.8 Å². The van der Waals surface area contributed by atoms with Crippen LogP contribution in [-0.4, -0.2) is 174 Å². The fourth-order valence-electron chi connectivity index (χ4n) is 9.27. The maximum absolute atomic E-state index is 14.4. The summed E-state index contributed by atoms with van der Waals surface area (Å²) in [6.45, 7) is 5.34. The minimum atomic E-state index is -1.45. The average molecular weight is 1140 g/mol. The lowest BCUT2D eigenvalue weighted by molar-refractivity contribution is -0.142. The van der Waals surface area contributed by atoms with Crippen LogP contribution in [0.3, 0.4) is 0 Å². The second kappa shape index (κ2) is 35.8. The Balaban J connectivity index is 2.08. The minimum Gasteiger partial charge on any atom is -0.508 e. The van der Waals surface area contributed by atoms with Crippen molar-refractivity contribution < 1.29 is 53.1 Å². The normalized spacial score (nSPS) is 23.4. The van der Waals surface area contributed by atoms with Crippen LogP contribution in [0.1, 0.15) is 129 Å². The summed E-state index contributed by atoms with van der Waals surface area (Å²) in [5.74, 6) is -7.00. The van der Waals surface area contributed by atoms with Crippen molar-refractivity contribution in [3.05, 3.63) is 29.8 Å². The molecular weight excluding hydrogens is 1050 g/mol. The third-order valence-electron chi connectivity index (χ3n) is 13.6. The Morgan fingerprint density at radius 2 is 1.15 bits per heavy atom. The number of phenols is 1. The van der Waals surface area contributed by atoms with Crippen LogP contribution in [0.4, 0.5) is 0 Å². The number of amides is 10. The molecule has 10 amide bonds. The quantitative estimate of drug-likeness (QED) is 0.0394. The summed E-state index contributed by atoms with van der Waals surface area (Å²) in [6, 6.07) is -2.98. The molecule has 2 aliphatic heterocycles. The lowest BCUT2D eigenvalue weighted by Gasteiger charge is -2.30. The number of nitrogens with one attached hydrogen (secondary N) is 7. The lowest BCUT2D eigenvalue weighted by atomic mass is 10.0. The SMILES string of the molecule is CCC[C@@H]1NC(=O)[C@H](CCCN=C(N)N)NC(=O)[C@@H]2CCCN2C(=O)[C@H](CCCN=C(N)N)NC(=O)CCCCC(=O)NCCCCN(CC(N)=O)C(=O)[C@H](CCC(C)C)NC(=O)[C@H](CN)NC(=O)[C@H](Cc2ccc(O)cc2)NC1=O. The number of aromatic hydroxyl groups is 1. The number of benzene rings is 1. The summed E-state index contributed by atoms with van der Waals surface area (Å²) in [6.07, 6.45) is 3.48. The first-order valence-electron chi connectivity index (χ1n) is 28.1. The van der Waals surface area contributed by atoms with Crippen LogP contribution >= 0.6 is 0 Å². The second-order valence-corrected chi connectivity index (χ2v) is 20.9. The molecule has 0 unspecified atom stereocenters. The maximum Gasteiger partial charge on any atom is 0.245 e. The van der Waals surface area contributed by atoms with Crippen LogP contribution in [0.2, 0.25) is 0 Å². The zero-order chi connectivity index (χ0) is 60.0. The van der Waals surface area contributed by atoms with Gasteiger partial charge in [0.05, 0.1) is 6.54 Å². The van der Waals surface area contributed by atoms with Crippen molar-refractivity contribution in [1.82, 2.24) is 47.0 Å². The molecule has 0 spiro atoms. The molecule has 28 heteroatoms. The highest BCUT2D eigenvalue weighted by Crippen LogP contribution is 2.21. The molecule has 452 valence electrons. The Morgan fingerprint density at radius 1 is 0.617 bits per heavy atom. The molecule has 1 aromatic carbocycles. The van der Waals surface area contributed by atoms with E-state index in [1.165, 1.54) is 34.1 Å². The number of nitrogens with zero attached hydrogens (tertiary/aromatic N) is 4. The minimum absolute atomic E-state index is 0.0241. The molecule has 2 aliphatic rings. The fourth-order valence-corrected chi connectivity index (χ4v) is 9.27. The Morgan fingerprint density at radius 3 is 1.74 bits per heavy atom. The molecule has 0 aliphatic carbocycles. The summed E-state index contributed by atoms with van der Waals surface area (Å²) >= 11 is 0. The molecular formula is C53H89N17O11. The Hall–Kier alpha value is -7.78. The van der Waals surface area contributed by atoms with Crippen LogP contribution < -0.4 is 71.6 Å². The summed E-state index contributed by atoms with van der Waals surface area (Å²) in [4.78, 5) is 149. The van der Waals surface area contributed by atoms with Gasteiger partial charge in [0, 0.05) is 58.5 Å². The third-order valence-corrected chi connectivity index (χ3v) is 13.6. The zero-order valence-electron chi connectivity index (χ0n) is 47.2. The number of carbonyl (C=O) groups is 10. The Bertz CT molecular complexity index is 2330. The van der Waals surface area contributed by atoms with Gasteiger partial charge in [-0.2, -0.15) is 0 Å². The first-order chi connectivity index (χ1) is 38.5. The van der Waals surface area contributed by atoms with Gasteiger partial charge < -0.3 is 86.5 Å². The largest absolute Gasteiger partial charge is 0.508 e. The van der Waals surface area contributed by atoms with Gasteiger partial charge in [0.15, 0.2) is 11.9 Å². The molecule has 28 nitrogen and oxygen atoms in total. The van der Waals surface area contributed by atoms with Gasteiger partial charge in [-0.15, -0.1) is 0 Å². The van der Waals surface area contributed by atoms with Crippen molar-refractivity contribution in [3.8, 4) is 5.75 Å². The number of rotatable bonds is 18. The number of carbonyl (C=O) groups excluding carboxylic acids is 10. The van der Waals surface area contributed by atoms with E-state index in [0.717, 1.165) is 0 Å². The van der Waals surface area contributed by atoms with E-state index in [4.69, 9.17) is 34.4 Å². The number of hydrogen-bond donors (Lipinski definition) is 14. The Labute approximate surface area is 473 Å². The highest BCUT2D eigenvalue weighted by molar-refractivity contribution is 5.98. The third kappa shape index (κ3) is 25.1. The molecule has 0 saturated carbocycles. The van der Waals surface area contributed by atoms with Gasteiger partial charge in [-0.25, -0.2) is 0 Å². The summed E-state index contributed by atoms with van der Waals surface area (Å²) in [7, 11) is 0. The van der Waals surface area contributed by atoms with Crippen LogP contribution in [0.25, 0.3) is 0 Å². The van der Waals surface area contributed by atoms with Crippen LogP contribution in [0.15, 0.2) is 34.3 Å². The van der Waals surface area contributed by atoms with Gasteiger partial charge in [-0.1, -0.05) is 39.3 Å². The van der Waals surface area contributed by atoms with Gasteiger partial charge >= 0.3 is 0 Å². The number of aliphatic imine (C=N–C) groups is 2. The standard InChI is InChI=1S/C53H89N17O11/c1-4-12-35-45(75)67-39(29-33-19-21-34(71)22-20-33)47(77)68-40(30-54)48(78)66-38(23-18-32(2)3)50(80)69(31-42(55)72)27-8-7-24-60-43(73)16-5-6-17-44(74)63-37(14-10-26-62-53(58)59)51(81)70-28-11-15-41(70)49(79)65-36(46(76)64-35)13-9-25-61-52(56)57/h19-22,32,35-41,71H,4-18,23-31,54H2,1-3H3,(H2,55,72)(H,60,73)(H,63,74)(H,64,76)(H,65,79)(H,66,78)(H,67,75)(H,68,77)(H4,56,57,61)(H4,58,59,62)/t35-,36-,37-,38-,39-,40-,41-/m0/s1. The van der Waals surface area contributed by atoms with Crippen molar-refractivity contribution in [3.63, 3.8) is 0 Å². The van der Waals surface area contributed by atoms with Crippen LogP contribution in [0.5, 0.6) is 5.75 Å². The smallest absolute Gasteiger partial charge is 0.245 e. The van der Waals surface area contributed by atoms with Gasteiger partial charge in [0.1, 0.15) is 48.0 Å². The number of fused-ring (bicyclic) bond motifs is 1. The fraction of sp³-hybridized carbons (Fsp3) is 0.660. The van der Waals surface area contributed by atoms with Crippen molar-refractivity contribution >= 4 is 71.0 Å². The number of hydrogen-bond acceptors (Lipinski definition) is 14. The molecule has 20 N–H and O–H groups in total. The highest BCUT2D eigenvalue weighted by atomic mass is 16.3. The number of phenolic OH excluding ortho intramolecular Hbond substituents is 1. The van der Waals surface area contributed by atoms with Crippen molar-refractivity contribution in [2.45, 2.75) is 172 Å². The van der Waals surface area contributed by atoms with E-state index in [9.17, 15) is 53.1 Å². The van der Waals surface area contributed by atoms with E-state index in [1.54, 1.807) is 6.92 Å². The molecule has 0 aromatic heterocycles. The molecule has 0 radical (unpaired) electrons. The van der Waals surface area contributed by atoms with Crippen molar-refractivity contribution in [2.75, 3.05) is 45.8 Å². The van der Waals surface area contributed by atoms with Crippen LogP contribution in [0, 0.1) is 5.92 Å². The molecule has 3 rings (SSSR count). The molecule has 81 heavy (non-hydrogen) atoms. The molecule has 0 bridgehead atoms. The summed E-state index contributed by atoms with van der Waals surface area (Å²) < 4.78 is 0. The Kier molecular flexibility index (Phi) is 29.8. The second-order valence-electron chi connectivity index (χ2n) is 20.9.